The molecule has 0 aromatic carbocycles. The molecule has 0 amide bonds. The molecule has 1 unspecified atom stereocenters. The zero-order chi connectivity index (χ0) is 9.73. The molecule has 0 aromatic heterocycles. The summed E-state index contributed by atoms with van der Waals surface area (Å²) in [7, 11) is 0. The van der Waals surface area contributed by atoms with Crippen LogP contribution < -0.4 is 5.32 Å². The fraction of sp³-hybridized carbons (Fsp3) is 1.00. The van der Waals surface area contributed by atoms with Crippen molar-refractivity contribution in [3.05, 3.63) is 0 Å². The van der Waals surface area contributed by atoms with Gasteiger partial charge in [-0.15, -0.1) is 0 Å². The minimum Gasteiger partial charge on any atom is -0.380 e. The minimum atomic E-state index is 0.504. The number of hydrogen-bond donors (Lipinski definition) is 1. The van der Waals surface area contributed by atoms with Gasteiger partial charge in [-0.05, 0) is 38.5 Å². The number of ether oxygens (including phenoxy) is 1. The van der Waals surface area contributed by atoms with E-state index >= 15 is 0 Å². The third kappa shape index (κ3) is 3.65. The number of rotatable bonds is 7. The largest absolute Gasteiger partial charge is 0.380 e. The molecule has 0 spiro atoms. The van der Waals surface area contributed by atoms with Gasteiger partial charge in [0, 0.05) is 19.2 Å². The summed E-state index contributed by atoms with van der Waals surface area (Å²) in [5.41, 5.74) is 0.653. The first-order valence-corrected chi connectivity index (χ1v) is 5.53. The highest BCUT2D eigenvalue weighted by molar-refractivity contribution is 4.93. The van der Waals surface area contributed by atoms with E-state index in [1.165, 1.54) is 25.8 Å². The lowest BCUT2D eigenvalue weighted by Gasteiger charge is -2.18. The molecule has 0 aliphatic heterocycles. The van der Waals surface area contributed by atoms with Gasteiger partial charge in [0.05, 0.1) is 6.61 Å². The van der Waals surface area contributed by atoms with E-state index in [2.05, 4.69) is 19.2 Å². The van der Waals surface area contributed by atoms with Crippen molar-refractivity contribution in [2.75, 3.05) is 19.8 Å². The highest BCUT2D eigenvalue weighted by atomic mass is 16.5. The Hall–Kier alpha value is -0.0800. The Bertz CT molecular complexity index is 143. The molecule has 1 aliphatic rings. The second kappa shape index (κ2) is 4.97. The van der Waals surface area contributed by atoms with Gasteiger partial charge >= 0.3 is 0 Å². The van der Waals surface area contributed by atoms with Crippen molar-refractivity contribution in [1.82, 2.24) is 5.32 Å². The van der Waals surface area contributed by atoms with E-state index in [9.17, 15) is 0 Å². The molecule has 1 aliphatic carbocycles. The molecule has 13 heavy (non-hydrogen) atoms. The van der Waals surface area contributed by atoms with Gasteiger partial charge < -0.3 is 10.1 Å². The molecule has 0 radical (unpaired) electrons. The summed E-state index contributed by atoms with van der Waals surface area (Å²) in [6.45, 7) is 9.38. The van der Waals surface area contributed by atoms with Gasteiger partial charge in [-0.1, -0.05) is 6.92 Å². The Kier molecular flexibility index (Phi) is 4.20. The van der Waals surface area contributed by atoms with E-state index < -0.39 is 0 Å². The number of hydrogen-bond acceptors (Lipinski definition) is 2. The second-order valence-electron chi connectivity index (χ2n) is 4.29. The Labute approximate surface area is 82.0 Å². The fourth-order valence-corrected chi connectivity index (χ4v) is 1.58. The second-order valence-corrected chi connectivity index (χ2v) is 4.29. The van der Waals surface area contributed by atoms with E-state index in [-0.39, 0.29) is 0 Å². The van der Waals surface area contributed by atoms with Crippen LogP contribution in [0.25, 0.3) is 0 Å². The van der Waals surface area contributed by atoms with E-state index in [0.29, 0.717) is 11.5 Å². The van der Waals surface area contributed by atoms with Gasteiger partial charge in [-0.25, -0.2) is 0 Å². The van der Waals surface area contributed by atoms with E-state index in [1.807, 2.05) is 6.92 Å². The normalized spacial score (nSPS) is 21.5. The van der Waals surface area contributed by atoms with Gasteiger partial charge in [0.1, 0.15) is 0 Å². The minimum absolute atomic E-state index is 0.504. The summed E-state index contributed by atoms with van der Waals surface area (Å²) in [5.74, 6) is 0. The molecule has 1 saturated carbocycles. The summed E-state index contributed by atoms with van der Waals surface area (Å²) in [6, 6.07) is 0.504. The van der Waals surface area contributed by atoms with Gasteiger partial charge in [-0.2, -0.15) is 0 Å². The van der Waals surface area contributed by atoms with Gasteiger partial charge in [0.25, 0.3) is 0 Å². The van der Waals surface area contributed by atoms with E-state index in [1.54, 1.807) is 0 Å². The lowest BCUT2D eigenvalue weighted by Crippen LogP contribution is -2.35. The van der Waals surface area contributed by atoms with Crippen LogP contribution in [0.1, 0.15) is 40.0 Å². The third-order valence-electron chi connectivity index (χ3n) is 3.10. The number of nitrogens with one attached hydrogen (secondary N) is 1. The first-order valence-electron chi connectivity index (χ1n) is 5.53. The van der Waals surface area contributed by atoms with E-state index in [4.69, 9.17) is 4.74 Å². The van der Waals surface area contributed by atoms with Crippen molar-refractivity contribution in [2.45, 2.75) is 46.1 Å². The van der Waals surface area contributed by atoms with Crippen LogP contribution in [-0.2, 0) is 4.74 Å². The molecule has 78 valence electrons. The van der Waals surface area contributed by atoms with Gasteiger partial charge in [0.15, 0.2) is 0 Å². The lowest BCUT2D eigenvalue weighted by atomic mass is 10.0. The van der Waals surface area contributed by atoms with Gasteiger partial charge in [-0.3, -0.25) is 0 Å². The first-order chi connectivity index (χ1) is 6.22. The predicted molar refractivity (Wildman–Crippen MR) is 55.9 cm³/mol. The molecule has 2 heteroatoms. The molecule has 1 fully saturated rings. The first kappa shape index (κ1) is 11.0. The van der Waals surface area contributed by atoms with Crippen LogP contribution in [0.2, 0.25) is 0 Å². The Morgan fingerprint density at radius 3 is 2.54 bits per heavy atom. The average Bonchev–Trinajstić information content (AvgIpc) is 2.92. The zero-order valence-corrected chi connectivity index (χ0v) is 9.23. The molecular weight excluding hydrogens is 162 g/mol. The lowest BCUT2D eigenvalue weighted by molar-refractivity contribution is 0.125. The molecule has 1 atom stereocenters. The molecule has 0 heterocycles. The summed E-state index contributed by atoms with van der Waals surface area (Å²) in [6.07, 6.45) is 4.15. The van der Waals surface area contributed by atoms with Gasteiger partial charge in [0.2, 0.25) is 0 Å². The molecule has 0 bridgehead atoms. The Morgan fingerprint density at radius 1 is 1.38 bits per heavy atom. The zero-order valence-electron chi connectivity index (χ0n) is 9.23. The summed E-state index contributed by atoms with van der Waals surface area (Å²) in [4.78, 5) is 0. The highest BCUT2D eigenvalue weighted by Crippen LogP contribution is 2.47. The van der Waals surface area contributed by atoms with Crippen molar-refractivity contribution in [2.24, 2.45) is 5.41 Å². The third-order valence-corrected chi connectivity index (χ3v) is 3.10. The standard InChI is InChI=1S/C11H23NO/c1-4-11(6-7-11)9-12-10(3)8-13-5-2/h10,12H,4-9H2,1-3H3. The quantitative estimate of drug-likeness (QED) is 0.656. The molecular formula is C11H23NO. The maximum absolute atomic E-state index is 5.35. The predicted octanol–water partition coefficient (Wildman–Crippen LogP) is 2.19. The van der Waals surface area contributed by atoms with Crippen molar-refractivity contribution < 1.29 is 4.74 Å². The maximum atomic E-state index is 5.35. The fourth-order valence-electron chi connectivity index (χ4n) is 1.58. The SMILES string of the molecule is CCOCC(C)NCC1(CC)CC1. The van der Waals surface area contributed by atoms with Crippen LogP contribution in [0.4, 0.5) is 0 Å². The van der Waals surface area contributed by atoms with Crippen molar-refractivity contribution in [1.29, 1.82) is 0 Å². The van der Waals surface area contributed by atoms with Crippen LogP contribution >= 0.6 is 0 Å². The molecule has 2 nitrogen and oxygen atoms in total. The van der Waals surface area contributed by atoms with Crippen LogP contribution in [0.3, 0.4) is 0 Å². The molecule has 1 N–H and O–H groups in total. The summed E-state index contributed by atoms with van der Waals surface area (Å²) >= 11 is 0. The summed E-state index contributed by atoms with van der Waals surface area (Å²) in [5, 5.41) is 3.55. The Morgan fingerprint density at radius 2 is 2.08 bits per heavy atom. The van der Waals surface area contributed by atoms with Crippen LogP contribution in [0, 0.1) is 5.41 Å². The topological polar surface area (TPSA) is 21.3 Å². The van der Waals surface area contributed by atoms with Crippen molar-refractivity contribution in [3.63, 3.8) is 0 Å². The van der Waals surface area contributed by atoms with Crippen LogP contribution in [0.15, 0.2) is 0 Å². The smallest absolute Gasteiger partial charge is 0.0616 e. The summed E-state index contributed by atoms with van der Waals surface area (Å²) < 4.78 is 5.35. The average molecular weight is 185 g/mol. The van der Waals surface area contributed by atoms with Crippen molar-refractivity contribution >= 4 is 0 Å². The monoisotopic (exact) mass is 185 g/mol. The van der Waals surface area contributed by atoms with Crippen LogP contribution in [-0.4, -0.2) is 25.8 Å². The van der Waals surface area contributed by atoms with E-state index in [0.717, 1.165) is 13.2 Å². The van der Waals surface area contributed by atoms with Crippen LogP contribution in [0.5, 0.6) is 0 Å². The molecule has 0 saturated heterocycles. The Balaban J connectivity index is 2.04. The molecule has 1 rings (SSSR count). The van der Waals surface area contributed by atoms with Crippen molar-refractivity contribution in [3.8, 4) is 0 Å². The molecule has 0 aromatic rings. The highest BCUT2D eigenvalue weighted by Gasteiger charge is 2.40. The maximum Gasteiger partial charge on any atom is 0.0616 e.